The van der Waals surface area contributed by atoms with Crippen LogP contribution in [0.15, 0.2) is 53.9 Å². The van der Waals surface area contributed by atoms with E-state index in [1.54, 1.807) is 19.6 Å². The molecule has 32 heavy (non-hydrogen) atoms. The molecule has 6 nitrogen and oxygen atoms in total. The number of rotatable bonds is 8. The lowest BCUT2D eigenvalue weighted by atomic mass is 10.0. The van der Waals surface area contributed by atoms with E-state index in [0.29, 0.717) is 12.2 Å². The number of para-hydroxylation sites is 2. The minimum atomic E-state index is -0.167. The molecule has 1 atom stereocenters. The highest BCUT2D eigenvalue weighted by Gasteiger charge is 2.26. The van der Waals surface area contributed by atoms with Gasteiger partial charge in [0.15, 0.2) is 0 Å². The van der Waals surface area contributed by atoms with E-state index < -0.39 is 0 Å². The van der Waals surface area contributed by atoms with Gasteiger partial charge < -0.3 is 14.8 Å². The van der Waals surface area contributed by atoms with E-state index in [9.17, 15) is 4.79 Å². The summed E-state index contributed by atoms with van der Waals surface area (Å²) in [6.45, 7) is 2.54. The van der Waals surface area contributed by atoms with Crippen molar-refractivity contribution < 1.29 is 14.3 Å². The number of carbonyl (C=O) groups excluding carboxylic acids is 1. The molecule has 168 valence electrons. The molecule has 2 aromatic carbocycles. The Balaban J connectivity index is 1.51. The molecule has 1 aliphatic rings. The first-order valence-electron chi connectivity index (χ1n) is 11.0. The number of ether oxygens (including phenoxy) is 2. The standard InChI is InChI=1S/C25H29N3O3S/c1-30-22-12-6-4-10-18(22)21(28-14-8-3-9-15-28)16-26-24(29)20-17-32-25(27-20)19-11-5-7-13-23(19)31-2/h4-7,10-13,17,21H,3,8-9,14-16H2,1-2H3,(H,26,29). The van der Waals surface area contributed by atoms with Crippen molar-refractivity contribution in [2.75, 3.05) is 33.9 Å². The molecule has 1 fully saturated rings. The fraction of sp³-hybridized carbons (Fsp3) is 0.360. The molecule has 1 aromatic heterocycles. The predicted octanol–water partition coefficient (Wildman–Crippen LogP) is 4.78. The third-order valence-electron chi connectivity index (χ3n) is 5.86. The molecular weight excluding hydrogens is 422 g/mol. The second kappa shape index (κ2) is 10.6. The summed E-state index contributed by atoms with van der Waals surface area (Å²) in [5.74, 6) is 1.43. The molecule has 0 spiro atoms. The second-order valence-corrected chi connectivity index (χ2v) is 8.66. The van der Waals surface area contributed by atoms with Crippen molar-refractivity contribution in [1.29, 1.82) is 0 Å². The molecule has 1 aliphatic heterocycles. The van der Waals surface area contributed by atoms with Crippen molar-refractivity contribution in [2.24, 2.45) is 0 Å². The van der Waals surface area contributed by atoms with Crippen molar-refractivity contribution in [1.82, 2.24) is 15.2 Å². The van der Waals surface area contributed by atoms with Crippen LogP contribution in [-0.2, 0) is 0 Å². The van der Waals surface area contributed by atoms with Crippen molar-refractivity contribution in [3.05, 3.63) is 65.2 Å². The van der Waals surface area contributed by atoms with Gasteiger partial charge in [0.1, 0.15) is 22.2 Å². The molecule has 3 aromatic rings. The fourth-order valence-electron chi connectivity index (χ4n) is 4.21. The number of amides is 1. The van der Waals surface area contributed by atoms with Crippen LogP contribution in [0.4, 0.5) is 0 Å². The summed E-state index contributed by atoms with van der Waals surface area (Å²) in [4.78, 5) is 20.0. The van der Waals surface area contributed by atoms with Crippen LogP contribution in [0.3, 0.4) is 0 Å². The Morgan fingerprint density at radius 2 is 1.72 bits per heavy atom. The van der Waals surface area contributed by atoms with Crippen molar-refractivity contribution in [3.8, 4) is 22.1 Å². The van der Waals surface area contributed by atoms with E-state index >= 15 is 0 Å². The maximum Gasteiger partial charge on any atom is 0.270 e. The molecule has 0 aliphatic carbocycles. The van der Waals surface area contributed by atoms with Gasteiger partial charge in [-0.2, -0.15) is 0 Å². The zero-order valence-corrected chi connectivity index (χ0v) is 19.4. The first kappa shape index (κ1) is 22.3. The minimum absolute atomic E-state index is 0.0581. The zero-order chi connectivity index (χ0) is 22.3. The number of nitrogens with zero attached hydrogens (tertiary/aromatic N) is 2. The molecular formula is C25H29N3O3S. The Morgan fingerprint density at radius 3 is 2.47 bits per heavy atom. The Bertz CT molecular complexity index is 1050. The molecule has 1 unspecified atom stereocenters. The molecule has 0 bridgehead atoms. The molecule has 2 heterocycles. The summed E-state index contributed by atoms with van der Waals surface area (Å²) in [6.07, 6.45) is 3.61. The Labute approximate surface area is 193 Å². The zero-order valence-electron chi connectivity index (χ0n) is 18.5. The van der Waals surface area contributed by atoms with Gasteiger partial charge in [-0.1, -0.05) is 36.8 Å². The highest BCUT2D eigenvalue weighted by atomic mass is 32.1. The lowest BCUT2D eigenvalue weighted by Gasteiger charge is -2.35. The van der Waals surface area contributed by atoms with Crippen LogP contribution >= 0.6 is 11.3 Å². The van der Waals surface area contributed by atoms with Gasteiger partial charge >= 0.3 is 0 Å². The van der Waals surface area contributed by atoms with E-state index in [1.165, 1.54) is 30.6 Å². The van der Waals surface area contributed by atoms with Crippen LogP contribution in [0.2, 0.25) is 0 Å². The highest BCUT2D eigenvalue weighted by Crippen LogP contribution is 2.33. The normalized spacial score (nSPS) is 15.2. The van der Waals surface area contributed by atoms with Gasteiger partial charge in [0.05, 0.1) is 25.8 Å². The molecule has 4 rings (SSSR count). The number of aromatic nitrogens is 1. The first-order chi connectivity index (χ1) is 15.7. The molecule has 0 saturated carbocycles. The highest BCUT2D eigenvalue weighted by molar-refractivity contribution is 7.13. The van der Waals surface area contributed by atoms with Crippen LogP contribution in [0, 0.1) is 0 Å². The van der Waals surface area contributed by atoms with Gasteiger partial charge in [-0.05, 0) is 44.1 Å². The van der Waals surface area contributed by atoms with Crippen LogP contribution < -0.4 is 14.8 Å². The van der Waals surface area contributed by atoms with E-state index in [0.717, 1.165) is 40.7 Å². The predicted molar refractivity (Wildman–Crippen MR) is 128 cm³/mol. The van der Waals surface area contributed by atoms with Gasteiger partial charge in [-0.3, -0.25) is 9.69 Å². The number of thiazole rings is 1. The summed E-state index contributed by atoms with van der Waals surface area (Å²) in [6, 6.07) is 15.8. The average Bonchev–Trinajstić information content (AvgIpc) is 3.35. The van der Waals surface area contributed by atoms with Gasteiger partial charge in [0, 0.05) is 17.5 Å². The number of nitrogens with one attached hydrogen (secondary N) is 1. The molecule has 1 saturated heterocycles. The van der Waals surface area contributed by atoms with Crippen molar-refractivity contribution >= 4 is 17.2 Å². The minimum Gasteiger partial charge on any atom is -0.496 e. The monoisotopic (exact) mass is 451 g/mol. The Kier molecular flexibility index (Phi) is 7.39. The molecule has 7 heteroatoms. The number of benzene rings is 2. The number of hydrogen-bond acceptors (Lipinski definition) is 6. The largest absolute Gasteiger partial charge is 0.496 e. The summed E-state index contributed by atoms with van der Waals surface area (Å²) in [7, 11) is 3.33. The summed E-state index contributed by atoms with van der Waals surface area (Å²) in [5, 5.41) is 5.69. The lowest BCUT2D eigenvalue weighted by Crippen LogP contribution is -2.40. The molecule has 1 N–H and O–H groups in total. The SMILES string of the molecule is COc1ccccc1-c1nc(C(=O)NCC(c2ccccc2OC)N2CCCCC2)cs1. The van der Waals surface area contributed by atoms with Crippen LogP contribution in [0.5, 0.6) is 11.5 Å². The van der Waals surface area contributed by atoms with Gasteiger partial charge in [0.2, 0.25) is 0 Å². The van der Waals surface area contributed by atoms with E-state index in [2.05, 4.69) is 21.3 Å². The maximum absolute atomic E-state index is 13.0. The second-order valence-electron chi connectivity index (χ2n) is 7.80. The fourth-order valence-corrected chi connectivity index (χ4v) is 5.04. The third kappa shape index (κ3) is 4.95. The number of piperidine rings is 1. The van der Waals surface area contributed by atoms with Crippen LogP contribution in [0.1, 0.15) is 41.4 Å². The van der Waals surface area contributed by atoms with Crippen LogP contribution in [-0.4, -0.2) is 49.6 Å². The number of methoxy groups -OCH3 is 2. The topological polar surface area (TPSA) is 63.7 Å². The van der Waals surface area contributed by atoms with E-state index in [-0.39, 0.29) is 11.9 Å². The van der Waals surface area contributed by atoms with Gasteiger partial charge in [0.25, 0.3) is 5.91 Å². The van der Waals surface area contributed by atoms with E-state index in [4.69, 9.17) is 9.47 Å². The number of likely N-dealkylation sites (tertiary alicyclic amines) is 1. The average molecular weight is 452 g/mol. The number of hydrogen-bond donors (Lipinski definition) is 1. The van der Waals surface area contributed by atoms with Gasteiger partial charge in [-0.25, -0.2) is 4.98 Å². The summed E-state index contributed by atoms with van der Waals surface area (Å²) < 4.78 is 11.1. The van der Waals surface area contributed by atoms with Crippen molar-refractivity contribution in [2.45, 2.75) is 25.3 Å². The Hall–Kier alpha value is -2.90. The van der Waals surface area contributed by atoms with Crippen molar-refractivity contribution in [3.63, 3.8) is 0 Å². The molecule has 1 amide bonds. The third-order valence-corrected chi connectivity index (χ3v) is 6.74. The maximum atomic E-state index is 13.0. The smallest absolute Gasteiger partial charge is 0.270 e. The Morgan fingerprint density at radius 1 is 1.03 bits per heavy atom. The number of carbonyl (C=O) groups is 1. The van der Waals surface area contributed by atoms with Crippen LogP contribution in [0.25, 0.3) is 10.6 Å². The lowest BCUT2D eigenvalue weighted by molar-refractivity contribution is 0.0919. The summed E-state index contributed by atoms with van der Waals surface area (Å²) in [5.41, 5.74) is 2.41. The quantitative estimate of drug-likeness (QED) is 0.534. The molecule has 0 radical (unpaired) electrons. The summed E-state index contributed by atoms with van der Waals surface area (Å²) >= 11 is 1.44. The van der Waals surface area contributed by atoms with E-state index in [1.807, 2.05) is 42.5 Å². The first-order valence-corrected chi connectivity index (χ1v) is 11.8. The van der Waals surface area contributed by atoms with Gasteiger partial charge in [-0.15, -0.1) is 11.3 Å².